The zero-order chi connectivity index (χ0) is 14.0. The number of hydrazine groups is 1. The summed E-state index contributed by atoms with van der Waals surface area (Å²) < 4.78 is 0. The Morgan fingerprint density at radius 1 is 1.05 bits per heavy atom. The minimum atomic E-state index is 0.502. The van der Waals surface area contributed by atoms with Gasteiger partial charge in [-0.3, -0.25) is 11.3 Å². The van der Waals surface area contributed by atoms with Crippen LogP contribution in [0.5, 0.6) is 0 Å². The summed E-state index contributed by atoms with van der Waals surface area (Å²) in [5.74, 6) is 9.70. The lowest BCUT2D eigenvalue weighted by Gasteiger charge is -2.42. The molecule has 3 N–H and O–H groups in total. The van der Waals surface area contributed by atoms with Crippen LogP contribution < -0.4 is 11.3 Å². The first-order valence-electron chi connectivity index (χ1n) is 7.76. The van der Waals surface area contributed by atoms with Crippen LogP contribution in [0.1, 0.15) is 47.0 Å². The van der Waals surface area contributed by atoms with Crippen molar-refractivity contribution in [1.82, 2.24) is 5.43 Å². The van der Waals surface area contributed by atoms with Gasteiger partial charge in [0.2, 0.25) is 0 Å². The van der Waals surface area contributed by atoms with Gasteiger partial charge >= 0.3 is 0 Å². The van der Waals surface area contributed by atoms with Crippen LogP contribution in [0.4, 0.5) is 0 Å². The Kier molecular flexibility index (Phi) is 5.94. The van der Waals surface area contributed by atoms with E-state index in [4.69, 9.17) is 5.84 Å². The van der Waals surface area contributed by atoms with Gasteiger partial charge in [0.25, 0.3) is 0 Å². The Hall–Kier alpha value is 0.620. The molecule has 0 aromatic rings. The van der Waals surface area contributed by atoms with Crippen LogP contribution in [0.25, 0.3) is 0 Å². The SMILES string of the molecule is CC1CCC(C(NN)C2CSC(C)C(C)S2)CC1C. The average Bonchev–Trinajstić information content (AvgIpc) is 2.39. The first-order valence-corrected chi connectivity index (χ1v) is 9.75. The van der Waals surface area contributed by atoms with Crippen molar-refractivity contribution in [1.29, 1.82) is 0 Å². The molecule has 1 aliphatic heterocycles. The van der Waals surface area contributed by atoms with Crippen molar-refractivity contribution in [3.05, 3.63) is 0 Å². The first kappa shape index (κ1) is 16.0. The fourth-order valence-electron chi connectivity index (χ4n) is 3.46. The standard InChI is InChI=1S/C15H30N2S2/c1-9-5-6-13(7-10(9)2)15(17-16)14-8-18-11(3)12(4)19-14/h9-15,17H,5-8,16H2,1-4H3. The minimum absolute atomic E-state index is 0.502. The molecule has 0 aromatic heterocycles. The highest BCUT2D eigenvalue weighted by Crippen LogP contribution is 2.42. The Labute approximate surface area is 127 Å². The molecule has 1 saturated heterocycles. The monoisotopic (exact) mass is 302 g/mol. The lowest BCUT2D eigenvalue weighted by molar-refractivity contribution is 0.171. The van der Waals surface area contributed by atoms with Crippen LogP contribution in [0.3, 0.4) is 0 Å². The molecular formula is C15H30N2S2. The molecule has 1 aliphatic carbocycles. The molecule has 0 bridgehead atoms. The molecular weight excluding hydrogens is 272 g/mol. The van der Waals surface area contributed by atoms with Crippen molar-refractivity contribution < 1.29 is 0 Å². The number of thioether (sulfide) groups is 2. The molecule has 1 heterocycles. The van der Waals surface area contributed by atoms with Gasteiger partial charge in [0, 0.05) is 27.5 Å². The first-order chi connectivity index (χ1) is 9.02. The van der Waals surface area contributed by atoms with E-state index in [0.29, 0.717) is 11.3 Å². The second-order valence-corrected chi connectivity index (χ2v) is 9.67. The van der Waals surface area contributed by atoms with Crippen molar-refractivity contribution in [3.63, 3.8) is 0 Å². The summed E-state index contributed by atoms with van der Waals surface area (Å²) in [6, 6.07) is 0.502. The van der Waals surface area contributed by atoms with Gasteiger partial charge in [-0.2, -0.15) is 23.5 Å². The van der Waals surface area contributed by atoms with Gasteiger partial charge in [-0.15, -0.1) is 0 Å². The van der Waals surface area contributed by atoms with Crippen molar-refractivity contribution in [2.75, 3.05) is 5.75 Å². The van der Waals surface area contributed by atoms with E-state index in [1.54, 1.807) is 0 Å². The molecule has 1 saturated carbocycles. The topological polar surface area (TPSA) is 38.0 Å². The van der Waals surface area contributed by atoms with Gasteiger partial charge in [-0.25, -0.2) is 0 Å². The lowest BCUT2D eigenvalue weighted by Crippen LogP contribution is -2.52. The highest BCUT2D eigenvalue weighted by atomic mass is 32.2. The molecule has 112 valence electrons. The fourth-order valence-corrected chi connectivity index (χ4v) is 6.65. The molecule has 2 nitrogen and oxygen atoms in total. The van der Waals surface area contributed by atoms with Crippen LogP contribution in [-0.2, 0) is 0 Å². The average molecular weight is 303 g/mol. The molecule has 0 aromatic carbocycles. The van der Waals surface area contributed by atoms with Crippen molar-refractivity contribution in [3.8, 4) is 0 Å². The highest BCUT2D eigenvalue weighted by Gasteiger charge is 2.37. The number of rotatable bonds is 3. The number of nitrogens with one attached hydrogen (secondary N) is 1. The summed E-state index contributed by atoms with van der Waals surface area (Å²) >= 11 is 4.29. The quantitative estimate of drug-likeness (QED) is 0.618. The van der Waals surface area contributed by atoms with E-state index < -0.39 is 0 Å². The van der Waals surface area contributed by atoms with E-state index in [0.717, 1.165) is 28.3 Å². The number of nitrogens with two attached hydrogens (primary N) is 1. The molecule has 2 fully saturated rings. The van der Waals surface area contributed by atoms with Crippen LogP contribution in [0, 0.1) is 17.8 Å². The molecule has 0 amide bonds. The zero-order valence-electron chi connectivity index (χ0n) is 12.8. The predicted molar refractivity (Wildman–Crippen MR) is 89.5 cm³/mol. The summed E-state index contributed by atoms with van der Waals surface area (Å²) in [6.45, 7) is 9.54. The Morgan fingerprint density at radius 3 is 2.37 bits per heavy atom. The summed E-state index contributed by atoms with van der Waals surface area (Å²) in [5.41, 5.74) is 3.18. The van der Waals surface area contributed by atoms with E-state index in [1.807, 2.05) is 0 Å². The maximum absolute atomic E-state index is 5.92. The zero-order valence-corrected chi connectivity index (χ0v) is 14.4. The largest absolute Gasteiger partial charge is 0.271 e. The van der Waals surface area contributed by atoms with E-state index >= 15 is 0 Å². The van der Waals surface area contributed by atoms with Crippen molar-refractivity contribution in [2.24, 2.45) is 23.6 Å². The molecule has 2 rings (SSSR count). The van der Waals surface area contributed by atoms with Gasteiger partial charge < -0.3 is 0 Å². The van der Waals surface area contributed by atoms with Gasteiger partial charge in [0.05, 0.1) is 0 Å². The normalized spacial score (nSPS) is 45.9. The van der Waals surface area contributed by atoms with Gasteiger partial charge in [-0.05, 0) is 30.6 Å². The maximum atomic E-state index is 5.92. The lowest BCUT2D eigenvalue weighted by atomic mass is 9.73. The second-order valence-electron chi connectivity index (χ2n) is 6.64. The minimum Gasteiger partial charge on any atom is -0.271 e. The number of hydrogen-bond donors (Lipinski definition) is 2. The smallest absolute Gasteiger partial charge is 0.0365 e. The maximum Gasteiger partial charge on any atom is 0.0365 e. The molecule has 7 atom stereocenters. The van der Waals surface area contributed by atoms with Gasteiger partial charge in [0.15, 0.2) is 0 Å². The predicted octanol–water partition coefficient (Wildman–Crippen LogP) is 3.52. The molecule has 4 heteroatoms. The molecule has 0 radical (unpaired) electrons. The van der Waals surface area contributed by atoms with E-state index in [1.165, 1.54) is 25.0 Å². The Bertz CT molecular complexity index is 261. The van der Waals surface area contributed by atoms with Gasteiger partial charge in [0.1, 0.15) is 0 Å². The summed E-state index contributed by atoms with van der Waals surface area (Å²) in [4.78, 5) is 0. The Morgan fingerprint density at radius 2 is 1.79 bits per heavy atom. The van der Waals surface area contributed by atoms with E-state index in [2.05, 4.69) is 56.6 Å². The fraction of sp³-hybridized carbons (Fsp3) is 1.00. The number of hydrogen-bond acceptors (Lipinski definition) is 4. The van der Waals surface area contributed by atoms with E-state index in [-0.39, 0.29) is 0 Å². The van der Waals surface area contributed by atoms with Crippen LogP contribution >= 0.6 is 23.5 Å². The summed E-state index contributed by atoms with van der Waals surface area (Å²) in [6.07, 6.45) is 4.08. The molecule has 19 heavy (non-hydrogen) atoms. The van der Waals surface area contributed by atoms with E-state index in [9.17, 15) is 0 Å². The third-order valence-electron chi connectivity index (χ3n) is 5.31. The van der Waals surface area contributed by atoms with Crippen molar-refractivity contribution in [2.45, 2.75) is 68.7 Å². The van der Waals surface area contributed by atoms with Gasteiger partial charge in [-0.1, -0.05) is 34.1 Å². The second kappa shape index (κ2) is 7.06. The highest BCUT2D eigenvalue weighted by molar-refractivity contribution is 8.07. The summed E-state index contributed by atoms with van der Waals surface area (Å²) in [7, 11) is 0. The molecule has 7 unspecified atom stereocenters. The van der Waals surface area contributed by atoms with Crippen LogP contribution in [-0.4, -0.2) is 27.5 Å². The summed E-state index contributed by atoms with van der Waals surface area (Å²) in [5, 5.41) is 2.22. The third kappa shape index (κ3) is 3.84. The molecule has 0 spiro atoms. The van der Waals surface area contributed by atoms with Crippen LogP contribution in [0.15, 0.2) is 0 Å². The van der Waals surface area contributed by atoms with Crippen LogP contribution in [0.2, 0.25) is 0 Å². The Balaban J connectivity index is 1.96. The third-order valence-corrected chi connectivity index (χ3v) is 8.83. The van der Waals surface area contributed by atoms with Crippen molar-refractivity contribution >= 4 is 23.5 Å². The molecule has 2 aliphatic rings.